The van der Waals surface area contributed by atoms with E-state index in [0.29, 0.717) is 0 Å². The second-order valence-electron chi connectivity index (χ2n) is 5.29. The van der Waals surface area contributed by atoms with Crippen molar-refractivity contribution in [1.82, 2.24) is 4.90 Å². The first-order chi connectivity index (χ1) is 9.86. The van der Waals surface area contributed by atoms with E-state index >= 15 is 0 Å². The molecule has 0 saturated carbocycles. The molecule has 102 valence electrons. The molecule has 1 fully saturated rings. The molecule has 0 bridgehead atoms. The van der Waals surface area contributed by atoms with Gasteiger partial charge in [0, 0.05) is 5.56 Å². The van der Waals surface area contributed by atoms with Gasteiger partial charge in [-0.3, -0.25) is 9.69 Å². The van der Waals surface area contributed by atoms with Gasteiger partial charge in [0.1, 0.15) is 0 Å². The predicted molar refractivity (Wildman–Crippen MR) is 80.8 cm³/mol. The number of hydrogen-bond donors (Lipinski definition) is 0. The largest absolute Gasteiger partial charge is 0.292 e. The SMILES string of the molecule is O=C(c1ccccc1)[C@H](c1ccccc1)N1CCCC1. The minimum Gasteiger partial charge on any atom is -0.292 e. The van der Waals surface area contributed by atoms with Gasteiger partial charge in [-0.15, -0.1) is 0 Å². The van der Waals surface area contributed by atoms with Gasteiger partial charge in [0.15, 0.2) is 5.78 Å². The molecule has 2 aromatic carbocycles. The predicted octanol–water partition coefficient (Wildman–Crippen LogP) is 3.71. The first kappa shape index (κ1) is 13.1. The van der Waals surface area contributed by atoms with Crippen molar-refractivity contribution in [2.45, 2.75) is 18.9 Å². The lowest BCUT2D eigenvalue weighted by Gasteiger charge is -2.26. The zero-order valence-corrected chi connectivity index (χ0v) is 11.5. The van der Waals surface area contributed by atoms with Crippen molar-refractivity contribution in [2.75, 3.05) is 13.1 Å². The van der Waals surface area contributed by atoms with E-state index < -0.39 is 0 Å². The fourth-order valence-electron chi connectivity index (χ4n) is 2.92. The van der Waals surface area contributed by atoms with E-state index in [1.807, 2.05) is 48.5 Å². The lowest BCUT2D eigenvalue weighted by atomic mass is 9.96. The second kappa shape index (κ2) is 6.02. The summed E-state index contributed by atoms with van der Waals surface area (Å²) >= 11 is 0. The third kappa shape index (κ3) is 2.66. The smallest absolute Gasteiger partial charge is 0.184 e. The molecule has 0 aliphatic carbocycles. The standard InChI is InChI=1S/C18H19NO/c20-18(16-11-5-2-6-12-16)17(19-13-7-8-14-19)15-9-3-1-4-10-15/h1-6,9-12,17H,7-8,13-14H2/t17-/m0/s1. The molecule has 0 unspecified atom stereocenters. The summed E-state index contributed by atoms with van der Waals surface area (Å²) in [6, 6.07) is 19.6. The van der Waals surface area contributed by atoms with Crippen LogP contribution in [0.15, 0.2) is 60.7 Å². The number of carbonyl (C=O) groups is 1. The molecule has 3 rings (SSSR count). The maximum absolute atomic E-state index is 12.9. The molecule has 0 spiro atoms. The highest BCUT2D eigenvalue weighted by atomic mass is 16.1. The van der Waals surface area contributed by atoms with Crippen LogP contribution in [-0.2, 0) is 0 Å². The Morgan fingerprint density at radius 2 is 1.40 bits per heavy atom. The van der Waals surface area contributed by atoms with Crippen LogP contribution in [0.1, 0.15) is 34.8 Å². The van der Waals surface area contributed by atoms with E-state index in [1.165, 1.54) is 12.8 Å². The summed E-state index contributed by atoms with van der Waals surface area (Å²) in [6.45, 7) is 2.02. The van der Waals surface area contributed by atoms with Gasteiger partial charge in [-0.25, -0.2) is 0 Å². The minimum atomic E-state index is -0.138. The van der Waals surface area contributed by atoms with E-state index in [-0.39, 0.29) is 11.8 Å². The molecule has 0 N–H and O–H groups in total. The number of carbonyl (C=O) groups excluding carboxylic acids is 1. The van der Waals surface area contributed by atoms with Gasteiger partial charge in [-0.1, -0.05) is 60.7 Å². The lowest BCUT2D eigenvalue weighted by molar-refractivity contribution is 0.0848. The Balaban J connectivity index is 1.95. The van der Waals surface area contributed by atoms with Gasteiger partial charge in [0.2, 0.25) is 0 Å². The Hall–Kier alpha value is -1.93. The topological polar surface area (TPSA) is 20.3 Å². The summed E-state index contributed by atoms with van der Waals surface area (Å²) in [5.41, 5.74) is 1.90. The van der Waals surface area contributed by atoms with Gasteiger partial charge in [0.05, 0.1) is 6.04 Å². The maximum atomic E-state index is 12.9. The maximum Gasteiger partial charge on any atom is 0.184 e. The van der Waals surface area contributed by atoms with Crippen LogP contribution in [0.5, 0.6) is 0 Å². The Kier molecular flexibility index (Phi) is 3.93. The molecule has 0 aromatic heterocycles. The summed E-state index contributed by atoms with van der Waals surface area (Å²) in [7, 11) is 0. The Labute approximate surface area is 120 Å². The molecule has 1 aliphatic rings. The van der Waals surface area contributed by atoms with Crippen molar-refractivity contribution in [3.05, 3.63) is 71.8 Å². The molecule has 2 heteroatoms. The van der Waals surface area contributed by atoms with E-state index in [4.69, 9.17) is 0 Å². The van der Waals surface area contributed by atoms with Gasteiger partial charge in [-0.2, -0.15) is 0 Å². The number of ketones is 1. The average molecular weight is 265 g/mol. The third-order valence-electron chi connectivity index (χ3n) is 3.93. The number of hydrogen-bond acceptors (Lipinski definition) is 2. The average Bonchev–Trinajstić information content (AvgIpc) is 3.03. The van der Waals surface area contributed by atoms with Gasteiger partial charge < -0.3 is 0 Å². The zero-order valence-electron chi connectivity index (χ0n) is 11.5. The molecular weight excluding hydrogens is 246 g/mol. The molecule has 0 amide bonds. The minimum absolute atomic E-state index is 0.138. The quantitative estimate of drug-likeness (QED) is 0.785. The summed E-state index contributed by atoms with van der Waals surface area (Å²) in [5, 5.41) is 0. The van der Waals surface area contributed by atoms with Crippen LogP contribution in [0.25, 0.3) is 0 Å². The molecule has 1 saturated heterocycles. The van der Waals surface area contributed by atoms with E-state index in [2.05, 4.69) is 17.0 Å². The van der Waals surface area contributed by atoms with Crippen LogP contribution in [0.2, 0.25) is 0 Å². The molecule has 1 atom stereocenters. The van der Waals surface area contributed by atoms with Gasteiger partial charge in [-0.05, 0) is 31.5 Å². The van der Waals surface area contributed by atoms with Crippen LogP contribution in [-0.4, -0.2) is 23.8 Å². The van der Waals surface area contributed by atoms with Crippen molar-refractivity contribution in [1.29, 1.82) is 0 Å². The van der Waals surface area contributed by atoms with Crippen molar-refractivity contribution < 1.29 is 4.79 Å². The molecule has 1 heterocycles. The van der Waals surface area contributed by atoms with Crippen LogP contribution >= 0.6 is 0 Å². The van der Waals surface area contributed by atoms with Crippen LogP contribution in [0.3, 0.4) is 0 Å². The fraction of sp³-hybridized carbons (Fsp3) is 0.278. The number of likely N-dealkylation sites (tertiary alicyclic amines) is 1. The lowest BCUT2D eigenvalue weighted by Crippen LogP contribution is -2.32. The van der Waals surface area contributed by atoms with E-state index in [1.54, 1.807) is 0 Å². The first-order valence-electron chi connectivity index (χ1n) is 7.24. The summed E-state index contributed by atoms with van der Waals surface area (Å²) in [5.74, 6) is 0.207. The zero-order chi connectivity index (χ0) is 13.8. The number of Topliss-reactive ketones (excluding diaryl/α,β-unsaturated/α-hetero) is 1. The van der Waals surface area contributed by atoms with Crippen LogP contribution in [0.4, 0.5) is 0 Å². The third-order valence-corrected chi connectivity index (χ3v) is 3.93. The fourth-order valence-corrected chi connectivity index (χ4v) is 2.92. The van der Waals surface area contributed by atoms with Crippen molar-refractivity contribution >= 4 is 5.78 Å². The summed E-state index contributed by atoms with van der Waals surface area (Å²) in [6.07, 6.45) is 2.37. The molecule has 2 nitrogen and oxygen atoms in total. The normalized spacial score (nSPS) is 17.0. The Morgan fingerprint density at radius 3 is 2.00 bits per heavy atom. The summed E-state index contributed by atoms with van der Waals surface area (Å²) in [4.78, 5) is 15.2. The van der Waals surface area contributed by atoms with Crippen molar-refractivity contribution in [2.24, 2.45) is 0 Å². The van der Waals surface area contributed by atoms with E-state index in [0.717, 1.165) is 24.2 Å². The molecule has 20 heavy (non-hydrogen) atoms. The highest BCUT2D eigenvalue weighted by Crippen LogP contribution is 2.28. The van der Waals surface area contributed by atoms with E-state index in [9.17, 15) is 4.79 Å². The summed E-state index contributed by atoms with van der Waals surface area (Å²) < 4.78 is 0. The van der Waals surface area contributed by atoms with Crippen LogP contribution < -0.4 is 0 Å². The number of nitrogens with zero attached hydrogens (tertiary/aromatic N) is 1. The molecule has 0 radical (unpaired) electrons. The van der Waals surface area contributed by atoms with Gasteiger partial charge >= 0.3 is 0 Å². The monoisotopic (exact) mass is 265 g/mol. The van der Waals surface area contributed by atoms with Crippen molar-refractivity contribution in [3.8, 4) is 0 Å². The number of benzene rings is 2. The molecule has 1 aliphatic heterocycles. The van der Waals surface area contributed by atoms with Crippen LogP contribution in [0, 0.1) is 0 Å². The van der Waals surface area contributed by atoms with Gasteiger partial charge in [0.25, 0.3) is 0 Å². The number of rotatable bonds is 4. The molecule has 2 aromatic rings. The second-order valence-corrected chi connectivity index (χ2v) is 5.29. The highest BCUT2D eigenvalue weighted by Gasteiger charge is 2.29. The Morgan fingerprint density at radius 1 is 0.850 bits per heavy atom. The molecular formula is C18H19NO. The first-order valence-corrected chi connectivity index (χ1v) is 7.24. The highest BCUT2D eigenvalue weighted by molar-refractivity contribution is 6.00. The Bertz CT molecular complexity index is 558. The van der Waals surface area contributed by atoms with Crippen molar-refractivity contribution in [3.63, 3.8) is 0 Å².